The number of carbonyl (C=O) groups excluding carboxylic acids is 2. The fourth-order valence-electron chi connectivity index (χ4n) is 6.60. The fraction of sp³-hybridized carbons (Fsp3) is 0.410. The van der Waals surface area contributed by atoms with Crippen molar-refractivity contribution in [2.24, 2.45) is 11.8 Å². The van der Waals surface area contributed by atoms with E-state index in [-0.39, 0.29) is 54.6 Å². The molecule has 0 saturated carbocycles. The number of urea groups is 1. The quantitative estimate of drug-likeness (QED) is 0.151. The number of pyridine rings is 1. The number of aromatic nitrogens is 1. The topological polar surface area (TPSA) is 153 Å². The number of ether oxygens (including phenoxy) is 1. The zero-order chi connectivity index (χ0) is 37.6. The maximum Gasteiger partial charge on any atom is 0.321 e. The highest BCUT2D eigenvalue weighted by Gasteiger charge is 2.40. The van der Waals surface area contributed by atoms with Gasteiger partial charge in [-0.15, -0.1) is 0 Å². The summed E-state index contributed by atoms with van der Waals surface area (Å²) >= 11 is 0. The summed E-state index contributed by atoms with van der Waals surface area (Å²) in [7, 11) is -2.52. The molecule has 3 aromatic carbocycles. The molecule has 1 aliphatic rings. The molecule has 12 nitrogen and oxygen atoms in total. The van der Waals surface area contributed by atoms with Crippen LogP contribution in [0.4, 0.5) is 4.79 Å². The predicted octanol–water partition coefficient (Wildman–Crippen LogP) is 4.65. The summed E-state index contributed by atoms with van der Waals surface area (Å²) in [5.74, 6) is -0.185. The number of fused-ring (bicyclic) bond motifs is 1. The van der Waals surface area contributed by atoms with Gasteiger partial charge in [0.15, 0.2) is 0 Å². The Bertz CT molecular complexity index is 1940. The summed E-state index contributed by atoms with van der Waals surface area (Å²) in [6, 6.07) is 22.2. The van der Waals surface area contributed by atoms with Crippen LogP contribution in [0, 0.1) is 11.8 Å². The van der Waals surface area contributed by atoms with Gasteiger partial charge < -0.3 is 30.1 Å². The molecule has 0 radical (unpaired) electrons. The first-order valence-corrected chi connectivity index (χ1v) is 19.0. The third-order valence-corrected chi connectivity index (χ3v) is 11.1. The molecule has 5 rings (SSSR count). The minimum atomic E-state index is -4.02. The largest absolute Gasteiger partial charge is 0.506 e. The SMILES string of the molecule is COc1ccc(S(=O)(=O)N(CC(C)C)C[C@@H](O)[C@H](Cc2ccccc2)NC(=O)C(C(C)C)N2CCN(Cc3ccc4cccc(O)c4n3)C2=O)cc1. The number of carbonyl (C=O) groups is 2. The summed E-state index contributed by atoms with van der Waals surface area (Å²) in [6.07, 6.45) is -1.05. The van der Waals surface area contributed by atoms with Gasteiger partial charge in [-0.1, -0.05) is 76.2 Å². The average molecular weight is 732 g/mol. The number of phenolic OH excluding ortho intramolecular Hbond substituents is 1. The molecule has 278 valence electrons. The Labute approximate surface area is 306 Å². The van der Waals surface area contributed by atoms with Crippen LogP contribution >= 0.6 is 0 Å². The Morgan fingerprint density at radius 3 is 2.31 bits per heavy atom. The lowest BCUT2D eigenvalue weighted by atomic mass is 9.97. The Hall–Kier alpha value is -4.72. The molecule has 1 fully saturated rings. The lowest BCUT2D eigenvalue weighted by Gasteiger charge is -2.34. The Morgan fingerprint density at radius 2 is 1.65 bits per heavy atom. The summed E-state index contributed by atoms with van der Waals surface area (Å²) in [6.45, 7) is 8.30. The number of amides is 3. The molecule has 4 aromatic rings. The highest BCUT2D eigenvalue weighted by atomic mass is 32.2. The van der Waals surface area contributed by atoms with Gasteiger partial charge in [-0.25, -0.2) is 18.2 Å². The lowest BCUT2D eigenvalue weighted by Crippen LogP contribution is -2.57. The molecule has 13 heteroatoms. The van der Waals surface area contributed by atoms with Gasteiger partial charge in [0.25, 0.3) is 0 Å². The maximum atomic E-state index is 14.2. The molecular weight excluding hydrogens is 683 g/mol. The van der Waals surface area contributed by atoms with Crippen molar-refractivity contribution >= 4 is 32.9 Å². The number of para-hydroxylation sites is 1. The second kappa shape index (κ2) is 16.7. The summed E-state index contributed by atoms with van der Waals surface area (Å²) in [5, 5.41) is 25.9. The second-order valence-electron chi connectivity index (χ2n) is 14.0. The number of methoxy groups -OCH3 is 1. The number of nitrogens with zero attached hydrogens (tertiary/aromatic N) is 4. The van der Waals surface area contributed by atoms with Crippen LogP contribution in [0.25, 0.3) is 10.9 Å². The van der Waals surface area contributed by atoms with Gasteiger partial charge in [0.05, 0.1) is 36.4 Å². The number of sulfonamides is 1. The van der Waals surface area contributed by atoms with Crippen LogP contribution in [-0.4, -0.2) is 101 Å². The van der Waals surface area contributed by atoms with E-state index in [2.05, 4.69) is 10.3 Å². The van der Waals surface area contributed by atoms with E-state index in [0.29, 0.717) is 30.0 Å². The standard InChI is InChI=1S/C39H49N5O7S/c1-26(2)23-43(52(49,50)32-18-16-31(51-5)17-19-32)25-35(46)33(22-28-10-7-6-8-11-28)41-38(47)37(27(3)4)44-21-20-42(39(44)48)24-30-15-14-29-12-9-13-34(45)36(29)40-30/h6-19,26-27,33,35,37,45-46H,20-25H2,1-5H3,(H,41,47)/t33-,35+,37?/m0/s1. The summed E-state index contributed by atoms with van der Waals surface area (Å²) in [4.78, 5) is 35.8. The summed E-state index contributed by atoms with van der Waals surface area (Å²) < 4.78 is 34.2. The molecule has 52 heavy (non-hydrogen) atoms. The number of aromatic hydroxyl groups is 1. The molecule has 2 heterocycles. The zero-order valence-electron chi connectivity index (χ0n) is 30.3. The van der Waals surface area contributed by atoms with Crippen molar-refractivity contribution < 1.29 is 33.0 Å². The first-order valence-electron chi connectivity index (χ1n) is 17.6. The maximum absolute atomic E-state index is 14.2. The van der Waals surface area contributed by atoms with Crippen molar-refractivity contribution in [2.45, 2.75) is 63.7 Å². The first-order chi connectivity index (χ1) is 24.8. The average Bonchev–Trinajstić information content (AvgIpc) is 3.46. The molecule has 3 N–H and O–H groups in total. The van der Waals surface area contributed by atoms with Crippen molar-refractivity contribution in [1.29, 1.82) is 0 Å². The van der Waals surface area contributed by atoms with Crippen molar-refractivity contribution in [3.8, 4) is 11.5 Å². The van der Waals surface area contributed by atoms with E-state index in [1.165, 1.54) is 23.5 Å². The van der Waals surface area contributed by atoms with Crippen LogP contribution in [0.15, 0.2) is 89.8 Å². The van der Waals surface area contributed by atoms with E-state index in [9.17, 15) is 28.2 Å². The van der Waals surface area contributed by atoms with Crippen LogP contribution in [0.5, 0.6) is 11.5 Å². The smallest absolute Gasteiger partial charge is 0.321 e. The number of hydrogen-bond donors (Lipinski definition) is 3. The number of hydrogen-bond acceptors (Lipinski definition) is 8. The van der Waals surface area contributed by atoms with Crippen molar-refractivity contribution in [1.82, 2.24) is 24.4 Å². The van der Waals surface area contributed by atoms with E-state index >= 15 is 0 Å². The van der Waals surface area contributed by atoms with Gasteiger partial charge in [-0.2, -0.15) is 4.31 Å². The second-order valence-corrected chi connectivity index (χ2v) is 15.9. The minimum Gasteiger partial charge on any atom is -0.506 e. The van der Waals surface area contributed by atoms with Gasteiger partial charge in [-0.3, -0.25) is 4.79 Å². The van der Waals surface area contributed by atoms with Crippen LogP contribution in [0.1, 0.15) is 39.0 Å². The molecule has 0 aliphatic carbocycles. The first kappa shape index (κ1) is 38.5. The van der Waals surface area contributed by atoms with Gasteiger partial charge in [0, 0.05) is 31.6 Å². The normalized spacial score (nSPS) is 15.4. The minimum absolute atomic E-state index is 0.0488. The van der Waals surface area contributed by atoms with Crippen molar-refractivity contribution in [2.75, 3.05) is 33.3 Å². The number of aliphatic hydroxyl groups is 1. The molecule has 0 spiro atoms. The van der Waals surface area contributed by atoms with Crippen molar-refractivity contribution in [3.05, 3.63) is 96.2 Å². The predicted molar refractivity (Wildman–Crippen MR) is 199 cm³/mol. The Balaban J connectivity index is 1.36. The number of benzene rings is 3. The highest BCUT2D eigenvalue weighted by molar-refractivity contribution is 7.89. The molecule has 3 atom stereocenters. The number of phenols is 1. The zero-order valence-corrected chi connectivity index (χ0v) is 31.2. The molecule has 1 aliphatic heterocycles. The molecule has 0 bridgehead atoms. The third-order valence-electron chi connectivity index (χ3n) is 9.22. The lowest BCUT2D eigenvalue weighted by molar-refractivity contribution is -0.128. The fourth-order valence-corrected chi connectivity index (χ4v) is 8.22. The van der Waals surface area contributed by atoms with E-state index in [4.69, 9.17) is 4.74 Å². The van der Waals surface area contributed by atoms with E-state index < -0.39 is 34.1 Å². The van der Waals surface area contributed by atoms with E-state index in [1.807, 2.05) is 76.2 Å². The van der Waals surface area contributed by atoms with E-state index in [1.54, 1.807) is 34.1 Å². The molecule has 1 aromatic heterocycles. The van der Waals surface area contributed by atoms with Crippen LogP contribution in [0.3, 0.4) is 0 Å². The van der Waals surface area contributed by atoms with E-state index in [0.717, 1.165) is 10.9 Å². The third kappa shape index (κ3) is 9.01. The van der Waals surface area contributed by atoms with Crippen LogP contribution < -0.4 is 10.1 Å². The van der Waals surface area contributed by atoms with Gasteiger partial charge in [0.1, 0.15) is 23.1 Å². The van der Waals surface area contributed by atoms with Gasteiger partial charge >= 0.3 is 6.03 Å². The summed E-state index contributed by atoms with van der Waals surface area (Å²) in [5.41, 5.74) is 1.91. The Morgan fingerprint density at radius 1 is 0.942 bits per heavy atom. The monoisotopic (exact) mass is 731 g/mol. The number of rotatable bonds is 16. The molecule has 1 saturated heterocycles. The number of aliphatic hydroxyl groups excluding tert-OH is 1. The molecule has 1 unspecified atom stereocenters. The van der Waals surface area contributed by atoms with Crippen LogP contribution in [0.2, 0.25) is 0 Å². The molecular formula is C39H49N5O7S. The highest BCUT2D eigenvalue weighted by Crippen LogP contribution is 2.26. The van der Waals surface area contributed by atoms with Crippen molar-refractivity contribution in [3.63, 3.8) is 0 Å². The molecule has 3 amide bonds. The van der Waals surface area contributed by atoms with Crippen LogP contribution in [-0.2, 0) is 27.8 Å². The van der Waals surface area contributed by atoms with Gasteiger partial charge in [-0.05, 0) is 60.2 Å². The Kier molecular flexibility index (Phi) is 12.4. The van der Waals surface area contributed by atoms with Gasteiger partial charge in [0.2, 0.25) is 15.9 Å². The number of nitrogens with one attached hydrogen (secondary N) is 1.